The second-order valence-corrected chi connectivity index (χ2v) is 6.31. The van der Waals surface area contributed by atoms with Crippen molar-refractivity contribution in [2.45, 2.75) is 51.9 Å². The molecule has 114 valence electrons. The number of carbonyl (C=O) groups is 1. The van der Waals surface area contributed by atoms with Crippen LogP contribution in [0.1, 0.15) is 49.6 Å². The number of thiazole rings is 1. The summed E-state index contributed by atoms with van der Waals surface area (Å²) in [4.78, 5) is 17.6. The molecule has 3 N–H and O–H groups in total. The zero-order valence-corrected chi connectivity index (χ0v) is 13.6. The molecule has 1 aromatic rings. The molecule has 1 atom stereocenters. The minimum Gasteiger partial charge on any atom is -0.330 e. The molecular formula is C14H24ClN3OS. The molecule has 0 saturated heterocycles. The summed E-state index contributed by atoms with van der Waals surface area (Å²) in [5, 5.41) is 3.66. The molecule has 2 rings (SSSR count). The summed E-state index contributed by atoms with van der Waals surface area (Å²) in [6.07, 6.45) is 7.21. The van der Waals surface area contributed by atoms with Gasteiger partial charge in [0.05, 0.1) is 5.69 Å². The molecule has 6 heteroatoms. The van der Waals surface area contributed by atoms with Crippen LogP contribution in [-0.4, -0.2) is 17.4 Å². The predicted octanol–water partition coefficient (Wildman–Crippen LogP) is 3.15. The van der Waals surface area contributed by atoms with E-state index in [2.05, 4.69) is 17.2 Å². The van der Waals surface area contributed by atoms with E-state index in [-0.39, 0.29) is 18.3 Å². The first kappa shape index (κ1) is 17.4. The lowest BCUT2D eigenvalue weighted by Gasteiger charge is -2.19. The topological polar surface area (TPSA) is 68.0 Å². The molecule has 4 nitrogen and oxygen atoms in total. The average molecular weight is 318 g/mol. The molecule has 0 spiro atoms. The van der Waals surface area contributed by atoms with E-state index in [0.29, 0.717) is 13.0 Å². The Labute approximate surface area is 131 Å². The first-order chi connectivity index (χ1) is 9.22. The zero-order chi connectivity index (χ0) is 13.7. The van der Waals surface area contributed by atoms with Gasteiger partial charge in [0.15, 0.2) is 5.13 Å². The van der Waals surface area contributed by atoms with Gasteiger partial charge in [-0.15, -0.1) is 23.7 Å². The molecule has 1 aliphatic carbocycles. The number of nitrogens with zero attached hydrogens (tertiary/aromatic N) is 1. The summed E-state index contributed by atoms with van der Waals surface area (Å²) in [5.41, 5.74) is 6.60. The van der Waals surface area contributed by atoms with Crippen LogP contribution in [0.25, 0.3) is 0 Å². The summed E-state index contributed by atoms with van der Waals surface area (Å²) in [7, 11) is 0. The van der Waals surface area contributed by atoms with Crippen LogP contribution in [0, 0.1) is 5.92 Å². The molecule has 1 amide bonds. The van der Waals surface area contributed by atoms with E-state index in [1.807, 2.05) is 0 Å². The van der Waals surface area contributed by atoms with Crippen LogP contribution < -0.4 is 11.1 Å². The highest BCUT2D eigenvalue weighted by Crippen LogP contribution is 2.34. The highest BCUT2D eigenvalue weighted by atomic mass is 35.5. The number of hydrogen-bond donors (Lipinski definition) is 2. The number of amides is 1. The van der Waals surface area contributed by atoms with Gasteiger partial charge >= 0.3 is 0 Å². The molecule has 0 aromatic carbocycles. The van der Waals surface area contributed by atoms with E-state index in [0.717, 1.165) is 30.3 Å². The number of aryl methyl sites for hydroxylation is 1. The van der Waals surface area contributed by atoms with E-state index in [1.165, 1.54) is 29.8 Å². The van der Waals surface area contributed by atoms with Crippen LogP contribution in [0.5, 0.6) is 0 Å². The van der Waals surface area contributed by atoms with E-state index in [1.54, 1.807) is 11.3 Å². The van der Waals surface area contributed by atoms with Crippen LogP contribution in [0.15, 0.2) is 0 Å². The van der Waals surface area contributed by atoms with Crippen LogP contribution in [0.4, 0.5) is 5.13 Å². The Morgan fingerprint density at radius 2 is 2.35 bits per heavy atom. The van der Waals surface area contributed by atoms with Crippen molar-refractivity contribution in [1.82, 2.24) is 4.98 Å². The maximum absolute atomic E-state index is 11.7. The molecule has 20 heavy (non-hydrogen) atoms. The molecular weight excluding hydrogens is 294 g/mol. The molecule has 0 aliphatic heterocycles. The van der Waals surface area contributed by atoms with Gasteiger partial charge in [-0.25, -0.2) is 4.98 Å². The Morgan fingerprint density at radius 1 is 1.55 bits per heavy atom. The van der Waals surface area contributed by atoms with Gasteiger partial charge in [-0.2, -0.15) is 0 Å². The minimum absolute atomic E-state index is 0. The minimum atomic E-state index is 0. The highest BCUT2D eigenvalue weighted by molar-refractivity contribution is 7.15. The first-order valence-corrected chi connectivity index (χ1v) is 8.03. The lowest BCUT2D eigenvalue weighted by atomic mass is 9.88. The van der Waals surface area contributed by atoms with E-state index < -0.39 is 0 Å². The van der Waals surface area contributed by atoms with Crippen molar-refractivity contribution in [3.05, 3.63) is 10.6 Å². The Kier molecular flexibility index (Phi) is 7.48. The normalized spacial score (nSPS) is 17.2. The molecule has 1 aliphatic rings. The molecule has 1 aromatic heterocycles. The molecule has 1 heterocycles. The van der Waals surface area contributed by atoms with Gasteiger partial charge in [0.2, 0.25) is 5.91 Å². The zero-order valence-electron chi connectivity index (χ0n) is 12.0. The Bertz CT molecular complexity index is 436. The van der Waals surface area contributed by atoms with Gasteiger partial charge in [0.1, 0.15) is 0 Å². The molecule has 0 fully saturated rings. The number of rotatable bonds is 6. The fourth-order valence-corrected chi connectivity index (χ4v) is 3.73. The summed E-state index contributed by atoms with van der Waals surface area (Å²) >= 11 is 1.65. The van der Waals surface area contributed by atoms with Crippen molar-refractivity contribution in [3.8, 4) is 0 Å². The lowest BCUT2D eigenvalue weighted by molar-refractivity contribution is -0.116. The van der Waals surface area contributed by atoms with Crippen molar-refractivity contribution in [1.29, 1.82) is 0 Å². The smallest absolute Gasteiger partial charge is 0.226 e. The predicted molar refractivity (Wildman–Crippen MR) is 86.7 cm³/mol. The van der Waals surface area contributed by atoms with Crippen molar-refractivity contribution in [3.63, 3.8) is 0 Å². The summed E-state index contributed by atoms with van der Waals surface area (Å²) < 4.78 is 0. The fraction of sp³-hybridized carbons (Fsp3) is 0.714. The number of nitrogens with one attached hydrogen (secondary N) is 1. The van der Waals surface area contributed by atoms with Crippen molar-refractivity contribution in [2.24, 2.45) is 11.7 Å². The maximum atomic E-state index is 11.7. The van der Waals surface area contributed by atoms with Gasteiger partial charge in [-0.3, -0.25) is 4.79 Å². The second-order valence-electron chi connectivity index (χ2n) is 5.23. The Balaban J connectivity index is 0.00000200. The SMILES string of the molecule is CCCC1CCc2nc(NC(=O)CCCN)sc2C1.Cl. The van der Waals surface area contributed by atoms with Gasteiger partial charge in [-0.05, 0) is 38.1 Å². The summed E-state index contributed by atoms with van der Waals surface area (Å²) in [6.45, 7) is 2.80. The van der Waals surface area contributed by atoms with E-state index in [9.17, 15) is 4.79 Å². The van der Waals surface area contributed by atoms with Crippen LogP contribution in [0.3, 0.4) is 0 Å². The van der Waals surface area contributed by atoms with E-state index in [4.69, 9.17) is 5.73 Å². The van der Waals surface area contributed by atoms with Crippen molar-refractivity contribution < 1.29 is 4.79 Å². The van der Waals surface area contributed by atoms with Gasteiger partial charge in [0.25, 0.3) is 0 Å². The average Bonchev–Trinajstić information content (AvgIpc) is 2.78. The van der Waals surface area contributed by atoms with Crippen LogP contribution in [-0.2, 0) is 17.6 Å². The number of fused-ring (bicyclic) bond motifs is 1. The largest absolute Gasteiger partial charge is 0.330 e. The number of nitrogens with two attached hydrogens (primary N) is 1. The number of anilines is 1. The first-order valence-electron chi connectivity index (χ1n) is 7.21. The molecule has 1 unspecified atom stereocenters. The number of carbonyl (C=O) groups excluding carboxylic acids is 1. The third-order valence-corrected chi connectivity index (χ3v) is 4.63. The van der Waals surface area contributed by atoms with Crippen molar-refractivity contribution >= 4 is 34.8 Å². The Hall–Kier alpha value is -0.650. The number of halogens is 1. The third kappa shape index (κ3) is 4.72. The Morgan fingerprint density at radius 3 is 3.05 bits per heavy atom. The van der Waals surface area contributed by atoms with Gasteiger partial charge < -0.3 is 11.1 Å². The third-order valence-electron chi connectivity index (χ3n) is 3.59. The van der Waals surface area contributed by atoms with Crippen molar-refractivity contribution in [2.75, 3.05) is 11.9 Å². The quantitative estimate of drug-likeness (QED) is 0.847. The highest BCUT2D eigenvalue weighted by Gasteiger charge is 2.22. The fourth-order valence-electron chi connectivity index (χ4n) is 2.60. The molecule has 0 saturated carbocycles. The van der Waals surface area contributed by atoms with Crippen LogP contribution in [0.2, 0.25) is 0 Å². The number of aromatic nitrogens is 1. The van der Waals surface area contributed by atoms with Gasteiger partial charge in [0, 0.05) is 11.3 Å². The summed E-state index contributed by atoms with van der Waals surface area (Å²) in [6, 6.07) is 0. The molecule has 0 radical (unpaired) electrons. The standard InChI is InChI=1S/C14H23N3OS.ClH/c1-2-4-10-6-7-11-12(9-10)19-14(16-11)17-13(18)5-3-8-15;/h10H,2-9,15H2,1H3,(H,16,17,18);1H. The van der Waals surface area contributed by atoms with E-state index >= 15 is 0 Å². The lowest BCUT2D eigenvalue weighted by Crippen LogP contribution is -2.13. The monoisotopic (exact) mass is 317 g/mol. The van der Waals surface area contributed by atoms with Crippen LogP contribution >= 0.6 is 23.7 Å². The molecule has 0 bridgehead atoms. The number of hydrogen-bond acceptors (Lipinski definition) is 4. The van der Waals surface area contributed by atoms with Gasteiger partial charge in [-0.1, -0.05) is 19.8 Å². The summed E-state index contributed by atoms with van der Waals surface area (Å²) in [5.74, 6) is 0.834. The maximum Gasteiger partial charge on any atom is 0.226 e. The second kappa shape index (κ2) is 8.60.